The maximum Gasteiger partial charge on any atom is 0.227 e. The van der Waals surface area contributed by atoms with Crippen LogP contribution in [0.2, 0.25) is 0 Å². The molecule has 5 nitrogen and oxygen atoms in total. The molecular weight excluding hydrogens is 250 g/mol. The second-order valence-corrected chi connectivity index (χ2v) is 5.18. The van der Waals surface area contributed by atoms with E-state index in [0.29, 0.717) is 24.4 Å². The molecule has 2 aromatic rings. The van der Waals surface area contributed by atoms with Gasteiger partial charge in [-0.3, -0.25) is 0 Å². The standard InChI is InChI=1S/C12H15N3O2S/c1-13-12-14-10(9-3-5-18-11(9)15-12)17-7-8-2-4-16-6-8/h3,5,8H,2,4,6-7H2,1H3,(H,13,14,15). The first-order chi connectivity index (χ1) is 8.86. The van der Waals surface area contributed by atoms with E-state index in [2.05, 4.69) is 15.3 Å². The molecule has 1 aliphatic heterocycles. The fourth-order valence-corrected chi connectivity index (χ4v) is 2.72. The van der Waals surface area contributed by atoms with E-state index in [1.165, 1.54) is 0 Å². The van der Waals surface area contributed by atoms with Gasteiger partial charge in [0.15, 0.2) is 0 Å². The van der Waals surface area contributed by atoms with Crippen LogP contribution in [-0.2, 0) is 4.74 Å². The van der Waals surface area contributed by atoms with Gasteiger partial charge in [0, 0.05) is 19.6 Å². The van der Waals surface area contributed by atoms with Crippen molar-refractivity contribution in [3.05, 3.63) is 11.4 Å². The molecular formula is C12H15N3O2S. The Morgan fingerprint density at radius 3 is 3.28 bits per heavy atom. The maximum absolute atomic E-state index is 5.84. The van der Waals surface area contributed by atoms with E-state index in [0.717, 1.165) is 29.9 Å². The number of aromatic nitrogens is 2. The van der Waals surface area contributed by atoms with Crippen LogP contribution in [0.4, 0.5) is 5.95 Å². The summed E-state index contributed by atoms with van der Waals surface area (Å²) >= 11 is 1.59. The molecule has 0 saturated carbocycles. The van der Waals surface area contributed by atoms with Gasteiger partial charge < -0.3 is 14.8 Å². The van der Waals surface area contributed by atoms with Crippen LogP contribution in [0.25, 0.3) is 10.2 Å². The summed E-state index contributed by atoms with van der Waals surface area (Å²) in [5.74, 6) is 1.74. The Balaban J connectivity index is 1.82. The van der Waals surface area contributed by atoms with Crippen LogP contribution < -0.4 is 10.1 Å². The molecule has 6 heteroatoms. The molecule has 3 heterocycles. The Morgan fingerprint density at radius 2 is 2.50 bits per heavy atom. The largest absolute Gasteiger partial charge is 0.477 e. The van der Waals surface area contributed by atoms with Crippen LogP contribution in [0.3, 0.4) is 0 Å². The molecule has 96 valence electrons. The zero-order valence-corrected chi connectivity index (χ0v) is 11.0. The van der Waals surface area contributed by atoms with Gasteiger partial charge in [0.1, 0.15) is 4.83 Å². The molecule has 0 amide bonds. The Labute approximate surface area is 109 Å². The topological polar surface area (TPSA) is 56.3 Å². The molecule has 2 aromatic heterocycles. The van der Waals surface area contributed by atoms with Crippen LogP contribution in [0, 0.1) is 5.92 Å². The number of rotatable bonds is 4. The monoisotopic (exact) mass is 265 g/mol. The van der Waals surface area contributed by atoms with Gasteiger partial charge in [-0.2, -0.15) is 4.98 Å². The molecule has 0 bridgehead atoms. The summed E-state index contributed by atoms with van der Waals surface area (Å²) in [5, 5.41) is 5.95. The molecule has 0 aliphatic carbocycles. The maximum atomic E-state index is 5.84. The number of thiophene rings is 1. The van der Waals surface area contributed by atoms with E-state index in [4.69, 9.17) is 9.47 Å². The summed E-state index contributed by atoms with van der Waals surface area (Å²) in [6.07, 6.45) is 1.07. The minimum Gasteiger partial charge on any atom is -0.477 e. The number of ether oxygens (including phenoxy) is 2. The molecule has 0 aromatic carbocycles. The first-order valence-electron chi connectivity index (χ1n) is 6.00. The summed E-state index contributed by atoms with van der Waals surface area (Å²) in [6.45, 7) is 2.29. The normalized spacial score (nSPS) is 19.3. The van der Waals surface area contributed by atoms with E-state index >= 15 is 0 Å². The van der Waals surface area contributed by atoms with E-state index in [9.17, 15) is 0 Å². The molecule has 1 atom stereocenters. The highest BCUT2D eigenvalue weighted by atomic mass is 32.1. The number of anilines is 1. The number of nitrogens with one attached hydrogen (secondary N) is 1. The fraction of sp³-hybridized carbons (Fsp3) is 0.500. The van der Waals surface area contributed by atoms with Crippen molar-refractivity contribution in [2.75, 3.05) is 32.2 Å². The average molecular weight is 265 g/mol. The highest BCUT2D eigenvalue weighted by molar-refractivity contribution is 7.16. The second kappa shape index (κ2) is 5.07. The lowest BCUT2D eigenvalue weighted by molar-refractivity contribution is 0.166. The van der Waals surface area contributed by atoms with Crippen LogP contribution >= 0.6 is 11.3 Å². The summed E-state index contributed by atoms with van der Waals surface area (Å²) in [7, 11) is 1.81. The Kier molecular flexibility index (Phi) is 3.29. The number of hydrogen-bond donors (Lipinski definition) is 1. The van der Waals surface area contributed by atoms with E-state index in [1.54, 1.807) is 11.3 Å². The second-order valence-electron chi connectivity index (χ2n) is 4.28. The van der Waals surface area contributed by atoms with Crippen LogP contribution in [-0.4, -0.2) is 36.8 Å². The van der Waals surface area contributed by atoms with Gasteiger partial charge >= 0.3 is 0 Å². The van der Waals surface area contributed by atoms with Gasteiger partial charge in [0.2, 0.25) is 11.8 Å². The SMILES string of the molecule is CNc1nc(OCC2CCOC2)c2ccsc2n1. The first-order valence-corrected chi connectivity index (χ1v) is 6.88. The highest BCUT2D eigenvalue weighted by Gasteiger charge is 2.18. The summed E-state index contributed by atoms with van der Waals surface area (Å²) in [5.41, 5.74) is 0. The third kappa shape index (κ3) is 2.26. The van der Waals surface area contributed by atoms with Crippen molar-refractivity contribution in [2.45, 2.75) is 6.42 Å². The first kappa shape index (κ1) is 11.7. The fourth-order valence-electron chi connectivity index (χ4n) is 1.96. The van der Waals surface area contributed by atoms with E-state index < -0.39 is 0 Å². The van der Waals surface area contributed by atoms with Crippen molar-refractivity contribution < 1.29 is 9.47 Å². The van der Waals surface area contributed by atoms with Crippen molar-refractivity contribution in [3.63, 3.8) is 0 Å². The van der Waals surface area contributed by atoms with Crippen LogP contribution in [0.15, 0.2) is 11.4 Å². The van der Waals surface area contributed by atoms with Crippen molar-refractivity contribution in [3.8, 4) is 5.88 Å². The van der Waals surface area contributed by atoms with Crippen LogP contribution in [0.1, 0.15) is 6.42 Å². The molecule has 3 rings (SSSR count). The summed E-state index contributed by atoms with van der Waals surface area (Å²) in [6, 6.07) is 2.00. The Bertz CT molecular complexity index is 537. The van der Waals surface area contributed by atoms with Gasteiger partial charge in [-0.05, 0) is 17.9 Å². The molecule has 1 aliphatic rings. The molecule has 1 saturated heterocycles. The number of nitrogens with zero attached hydrogens (tertiary/aromatic N) is 2. The minimum absolute atomic E-state index is 0.478. The van der Waals surface area contributed by atoms with Crippen molar-refractivity contribution >= 4 is 27.5 Å². The highest BCUT2D eigenvalue weighted by Crippen LogP contribution is 2.28. The van der Waals surface area contributed by atoms with Gasteiger partial charge in [-0.15, -0.1) is 11.3 Å². The smallest absolute Gasteiger partial charge is 0.227 e. The lowest BCUT2D eigenvalue weighted by Gasteiger charge is -2.11. The summed E-state index contributed by atoms with van der Waals surface area (Å²) in [4.78, 5) is 9.71. The van der Waals surface area contributed by atoms with Gasteiger partial charge in [0.05, 0.1) is 18.6 Å². The van der Waals surface area contributed by atoms with Crippen molar-refractivity contribution in [2.24, 2.45) is 5.92 Å². The van der Waals surface area contributed by atoms with Crippen molar-refractivity contribution in [1.82, 2.24) is 9.97 Å². The minimum atomic E-state index is 0.478. The molecule has 1 fully saturated rings. The van der Waals surface area contributed by atoms with E-state index in [-0.39, 0.29) is 0 Å². The molecule has 1 N–H and O–H groups in total. The molecule has 0 radical (unpaired) electrons. The van der Waals surface area contributed by atoms with Crippen molar-refractivity contribution in [1.29, 1.82) is 0 Å². The quantitative estimate of drug-likeness (QED) is 0.918. The lowest BCUT2D eigenvalue weighted by Crippen LogP contribution is -2.13. The molecule has 0 spiro atoms. The Hall–Kier alpha value is -1.40. The average Bonchev–Trinajstić information content (AvgIpc) is 3.06. The predicted molar refractivity (Wildman–Crippen MR) is 71.4 cm³/mol. The van der Waals surface area contributed by atoms with Crippen LogP contribution in [0.5, 0.6) is 5.88 Å². The van der Waals surface area contributed by atoms with E-state index in [1.807, 2.05) is 18.5 Å². The zero-order valence-electron chi connectivity index (χ0n) is 10.2. The zero-order chi connectivity index (χ0) is 12.4. The predicted octanol–water partition coefficient (Wildman–Crippen LogP) is 2.15. The summed E-state index contributed by atoms with van der Waals surface area (Å²) < 4.78 is 11.2. The van der Waals surface area contributed by atoms with Gasteiger partial charge in [-0.1, -0.05) is 0 Å². The number of fused-ring (bicyclic) bond motifs is 1. The third-order valence-corrected chi connectivity index (χ3v) is 3.80. The molecule has 18 heavy (non-hydrogen) atoms. The third-order valence-electron chi connectivity index (χ3n) is 2.99. The lowest BCUT2D eigenvalue weighted by atomic mass is 10.1. The van der Waals surface area contributed by atoms with Gasteiger partial charge in [0.25, 0.3) is 0 Å². The molecule has 1 unspecified atom stereocenters. The Morgan fingerprint density at radius 1 is 1.56 bits per heavy atom. The number of hydrogen-bond acceptors (Lipinski definition) is 6. The van der Waals surface area contributed by atoms with Gasteiger partial charge in [-0.25, -0.2) is 4.98 Å².